The van der Waals surface area contributed by atoms with Gasteiger partial charge in [-0.3, -0.25) is 0 Å². The summed E-state index contributed by atoms with van der Waals surface area (Å²) in [6, 6.07) is 3.73. The Labute approximate surface area is 130 Å². The lowest BCUT2D eigenvalue weighted by molar-refractivity contribution is 0.734. The molecule has 20 heavy (non-hydrogen) atoms. The second-order valence-electron chi connectivity index (χ2n) is 4.31. The van der Waals surface area contributed by atoms with Gasteiger partial charge in [-0.15, -0.1) is 0 Å². The van der Waals surface area contributed by atoms with E-state index in [1.807, 2.05) is 17.8 Å². The zero-order valence-electron chi connectivity index (χ0n) is 12.2. The van der Waals surface area contributed by atoms with Gasteiger partial charge in [0.15, 0.2) is 5.96 Å². The third-order valence-corrected chi connectivity index (χ3v) is 3.54. The fraction of sp³-hybridized carbons (Fsp3) is 0.571. The molecule has 1 heterocycles. The molecule has 0 aromatic carbocycles. The van der Waals surface area contributed by atoms with Gasteiger partial charge in [0, 0.05) is 19.3 Å². The van der Waals surface area contributed by atoms with Gasteiger partial charge in [0.2, 0.25) is 0 Å². The number of hydrogen-bond acceptors (Lipinski definition) is 3. The second-order valence-corrected chi connectivity index (χ2v) is 5.68. The summed E-state index contributed by atoms with van der Waals surface area (Å²) in [6.45, 7) is 4.47. The van der Waals surface area contributed by atoms with Crippen molar-refractivity contribution in [3.8, 4) is 0 Å². The van der Waals surface area contributed by atoms with E-state index in [4.69, 9.17) is 11.6 Å². The summed E-state index contributed by atoms with van der Waals surface area (Å²) in [7, 11) is 0. The first kappa shape index (κ1) is 17.1. The van der Waals surface area contributed by atoms with E-state index in [1.54, 1.807) is 12.3 Å². The summed E-state index contributed by atoms with van der Waals surface area (Å²) >= 11 is 7.65. The van der Waals surface area contributed by atoms with Crippen molar-refractivity contribution in [3.05, 3.63) is 29.0 Å². The van der Waals surface area contributed by atoms with Crippen molar-refractivity contribution in [3.63, 3.8) is 0 Å². The molecule has 0 saturated carbocycles. The van der Waals surface area contributed by atoms with E-state index in [2.05, 4.69) is 33.8 Å². The second kappa shape index (κ2) is 10.8. The SMILES string of the molecule is CCNC(=NCc1ccc(Cl)nc1)NCCCCSC. The van der Waals surface area contributed by atoms with Crippen LogP contribution in [0.2, 0.25) is 5.15 Å². The fourth-order valence-corrected chi connectivity index (χ4v) is 2.19. The molecule has 0 unspecified atom stereocenters. The van der Waals surface area contributed by atoms with Gasteiger partial charge in [0.05, 0.1) is 6.54 Å². The number of hydrogen-bond donors (Lipinski definition) is 2. The topological polar surface area (TPSA) is 49.3 Å². The number of pyridine rings is 1. The molecule has 1 rings (SSSR count). The Kier molecular flexibility index (Phi) is 9.24. The number of halogens is 1. The van der Waals surface area contributed by atoms with E-state index in [0.29, 0.717) is 11.7 Å². The molecule has 4 nitrogen and oxygen atoms in total. The maximum atomic E-state index is 5.76. The molecule has 0 bridgehead atoms. The largest absolute Gasteiger partial charge is 0.357 e. The molecule has 1 aromatic rings. The first-order chi connectivity index (χ1) is 9.76. The van der Waals surface area contributed by atoms with Gasteiger partial charge in [0.1, 0.15) is 5.15 Å². The lowest BCUT2D eigenvalue weighted by Gasteiger charge is -2.11. The Morgan fingerprint density at radius 2 is 2.20 bits per heavy atom. The van der Waals surface area contributed by atoms with Crippen molar-refractivity contribution < 1.29 is 0 Å². The highest BCUT2D eigenvalue weighted by molar-refractivity contribution is 7.98. The predicted molar refractivity (Wildman–Crippen MR) is 89.7 cm³/mol. The molecule has 0 aliphatic heterocycles. The van der Waals surface area contributed by atoms with Crippen molar-refractivity contribution in [1.29, 1.82) is 0 Å². The Hall–Kier alpha value is -0.940. The zero-order valence-corrected chi connectivity index (χ0v) is 13.7. The normalized spacial score (nSPS) is 11.4. The zero-order chi connectivity index (χ0) is 14.6. The van der Waals surface area contributed by atoms with E-state index in [0.717, 1.165) is 31.0 Å². The Balaban J connectivity index is 2.39. The van der Waals surface area contributed by atoms with Crippen LogP contribution in [0, 0.1) is 0 Å². The number of nitrogens with one attached hydrogen (secondary N) is 2. The molecule has 6 heteroatoms. The van der Waals surface area contributed by atoms with Crippen molar-refractivity contribution in [2.24, 2.45) is 4.99 Å². The first-order valence-electron chi connectivity index (χ1n) is 6.87. The number of unbranched alkanes of at least 4 members (excludes halogenated alkanes) is 1. The lowest BCUT2D eigenvalue weighted by atomic mass is 10.3. The number of guanidine groups is 1. The Morgan fingerprint density at radius 1 is 1.35 bits per heavy atom. The highest BCUT2D eigenvalue weighted by Gasteiger charge is 1.98. The molecule has 0 aliphatic rings. The van der Waals surface area contributed by atoms with Gasteiger partial charge in [-0.1, -0.05) is 17.7 Å². The molecule has 1 aromatic heterocycles. The third kappa shape index (κ3) is 7.60. The number of rotatable bonds is 8. The first-order valence-corrected chi connectivity index (χ1v) is 8.65. The van der Waals surface area contributed by atoms with Crippen LogP contribution in [-0.2, 0) is 6.54 Å². The Bertz CT molecular complexity index is 395. The third-order valence-electron chi connectivity index (χ3n) is 2.62. The lowest BCUT2D eigenvalue weighted by Crippen LogP contribution is -2.37. The van der Waals surface area contributed by atoms with Crippen LogP contribution in [0.1, 0.15) is 25.3 Å². The fourth-order valence-electron chi connectivity index (χ4n) is 1.59. The molecular weight excluding hydrogens is 292 g/mol. The summed E-state index contributed by atoms with van der Waals surface area (Å²) in [5.41, 5.74) is 1.05. The smallest absolute Gasteiger partial charge is 0.191 e. The monoisotopic (exact) mass is 314 g/mol. The van der Waals surface area contributed by atoms with Gasteiger partial charge in [-0.25, -0.2) is 9.98 Å². The van der Waals surface area contributed by atoms with E-state index in [-0.39, 0.29) is 0 Å². The molecule has 0 fully saturated rings. The standard InChI is InChI=1S/C14H23ClN4S/c1-3-16-14(17-8-4-5-9-20-2)19-11-12-6-7-13(15)18-10-12/h6-7,10H,3-5,8-9,11H2,1-2H3,(H2,16,17,19). The number of nitrogens with zero attached hydrogens (tertiary/aromatic N) is 2. The van der Waals surface area contributed by atoms with Gasteiger partial charge in [0.25, 0.3) is 0 Å². The number of thioether (sulfide) groups is 1. The van der Waals surface area contributed by atoms with Crippen LogP contribution < -0.4 is 10.6 Å². The van der Waals surface area contributed by atoms with Crippen LogP contribution in [0.3, 0.4) is 0 Å². The van der Waals surface area contributed by atoms with Crippen molar-refractivity contribution in [2.45, 2.75) is 26.3 Å². The highest BCUT2D eigenvalue weighted by atomic mass is 35.5. The number of aliphatic imine (C=N–C) groups is 1. The molecule has 112 valence electrons. The van der Waals surface area contributed by atoms with Gasteiger partial charge < -0.3 is 10.6 Å². The Morgan fingerprint density at radius 3 is 2.85 bits per heavy atom. The van der Waals surface area contributed by atoms with E-state index < -0.39 is 0 Å². The number of aromatic nitrogens is 1. The quantitative estimate of drug-likeness (QED) is 0.335. The maximum Gasteiger partial charge on any atom is 0.191 e. The summed E-state index contributed by atoms with van der Waals surface area (Å²) < 4.78 is 0. The van der Waals surface area contributed by atoms with Gasteiger partial charge in [-0.05, 0) is 43.4 Å². The van der Waals surface area contributed by atoms with Crippen LogP contribution in [0.15, 0.2) is 23.3 Å². The summed E-state index contributed by atoms with van der Waals surface area (Å²) in [4.78, 5) is 8.59. The summed E-state index contributed by atoms with van der Waals surface area (Å²) in [5.74, 6) is 2.07. The summed E-state index contributed by atoms with van der Waals surface area (Å²) in [6.07, 6.45) is 6.29. The average Bonchev–Trinajstić information content (AvgIpc) is 2.46. The van der Waals surface area contributed by atoms with Crippen LogP contribution >= 0.6 is 23.4 Å². The summed E-state index contributed by atoms with van der Waals surface area (Å²) in [5, 5.41) is 7.10. The molecule has 0 atom stereocenters. The van der Waals surface area contributed by atoms with Crippen LogP contribution in [-0.4, -0.2) is 36.0 Å². The maximum absolute atomic E-state index is 5.76. The molecule has 0 aliphatic carbocycles. The van der Waals surface area contributed by atoms with E-state index in [1.165, 1.54) is 12.2 Å². The predicted octanol–water partition coefficient (Wildman–Crippen LogP) is 2.93. The molecule has 2 N–H and O–H groups in total. The minimum absolute atomic E-state index is 0.511. The molecule has 0 saturated heterocycles. The molecule has 0 radical (unpaired) electrons. The molecular formula is C14H23ClN4S. The van der Waals surface area contributed by atoms with Crippen molar-refractivity contribution in [2.75, 3.05) is 25.1 Å². The molecule has 0 spiro atoms. The van der Waals surface area contributed by atoms with E-state index >= 15 is 0 Å². The highest BCUT2D eigenvalue weighted by Crippen LogP contribution is 2.06. The van der Waals surface area contributed by atoms with Gasteiger partial charge in [-0.2, -0.15) is 11.8 Å². The van der Waals surface area contributed by atoms with E-state index in [9.17, 15) is 0 Å². The van der Waals surface area contributed by atoms with Crippen molar-refractivity contribution in [1.82, 2.24) is 15.6 Å². The minimum Gasteiger partial charge on any atom is -0.357 e. The van der Waals surface area contributed by atoms with Gasteiger partial charge >= 0.3 is 0 Å². The van der Waals surface area contributed by atoms with Crippen LogP contribution in [0.4, 0.5) is 0 Å². The van der Waals surface area contributed by atoms with Crippen LogP contribution in [0.5, 0.6) is 0 Å². The average molecular weight is 315 g/mol. The molecule has 0 amide bonds. The van der Waals surface area contributed by atoms with Crippen LogP contribution in [0.25, 0.3) is 0 Å². The van der Waals surface area contributed by atoms with Crippen molar-refractivity contribution >= 4 is 29.3 Å². The minimum atomic E-state index is 0.511.